The van der Waals surface area contributed by atoms with Crippen LogP contribution in [0.5, 0.6) is 0 Å². The first-order chi connectivity index (χ1) is 10.2. The summed E-state index contributed by atoms with van der Waals surface area (Å²) in [7, 11) is 0. The standard InChI is InChI=1S/C15H17N5O/c16-12-2-1-3-13(10-12)19-6-8-20(9-7-19)15(21)14-11-17-4-5-18-14/h1-5,10-11H,6-9,16H2. The topological polar surface area (TPSA) is 75.3 Å². The number of nitrogen functional groups attached to an aromatic ring is 1. The van der Waals surface area contributed by atoms with Crippen LogP contribution in [-0.4, -0.2) is 47.0 Å². The molecule has 1 aliphatic rings. The Hall–Kier alpha value is -2.63. The van der Waals surface area contributed by atoms with Gasteiger partial charge in [0.25, 0.3) is 5.91 Å². The fraction of sp³-hybridized carbons (Fsp3) is 0.267. The minimum atomic E-state index is -0.0599. The average molecular weight is 283 g/mol. The summed E-state index contributed by atoms with van der Waals surface area (Å²) in [5.74, 6) is -0.0599. The molecule has 1 saturated heterocycles. The molecule has 6 heteroatoms. The smallest absolute Gasteiger partial charge is 0.274 e. The summed E-state index contributed by atoms with van der Waals surface area (Å²) in [6.45, 7) is 2.92. The van der Waals surface area contributed by atoms with Gasteiger partial charge in [-0.3, -0.25) is 9.78 Å². The van der Waals surface area contributed by atoms with Crippen LogP contribution in [0.4, 0.5) is 11.4 Å². The monoisotopic (exact) mass is 283 g/mol. The van der Waals surface area contributed by atoms with Crippen molar-refractivity contribution in [2.24, 2.45) is 0 Å². The number of nitrogens with two attached hydrogens (primary N) is 1. The summed E-state index contributed by atoms with van der Waals surface area (Å²) in [4.78, 5) is 24.3. The molecule has 6 nitrogen and oxygen atoms in total. The number of carbonyl (C=O) groups is 1. The highest BCUT2D eigenvalue weighted by Gasteiger charge is 2.23. The Balaban J connectivity index is 1.64. The van der Waals surface area contributed by atoms with Crippen LogP contribution in [0.2, 0.25) is 0 Å². The molecule has 108 valence electrons. The maximum Gasteiger partial charge on any atom is 0.274 e. The first-order valence-electron chi connectivity index (χ1n) is 6.90. The number of hydrogen-bond donors (Lipinski definition) is 1. The number of nitrogens with zero attached hydrogens (tertiary/aromatic N) is 4. The first-order valence-corrected chi connectivity index (χ1v) is 6.90. The third-order valence-electron chi connectivity index (χ3n) is 3.58. The molecule has 1 aliphatic heterocycles. The highest BCUT2D eigenvalue weighted by molar-refractivity contribution is 5.92. The van der Waals surface area contributed by atoms with E-state index in [0.29, 0.717) is 18.8 Å². The van der Waals surface area contributed by atoms with Crippen molar-refractivity contribution >= 4 is 17.3 Å². The van der Waals surface area contributed by atoms with Crippen molar-refractivity contribution in [3.8, 4) is 0 Å². The molecule has 1 amide bonds. The molecule has 0 aliphatic carbocycles. The van der Waals surface area contributed by atoms with Gasteiger partial charge in [0.05, 0.1) is 6.20 Å². The van der Waals surface area contributed by atoms with Gasteiger partial charge in [-0.2, -0.15) is 0 Å². The van der Waals surface area contributed by atoms with Crippen LogP contribution in [0.1, 0.15) is 10.5 Å². The summed E-state index contributed by atoms with van der Waals surface area (Å²) >= 11 is 0. The Kier molecular flexibility index (Phi) is 3.68. The minimum absolute atomic E-state index is 0.0599. The van der Waals surface area contributed by atoms with E-state index < -0.39 is 0 Å². The van der Waals surface area contributed by atoms with E-state index in [1.165, 1.54) is 12.4 Å². The highest BCUT2D eigenvalue weighted by Crippen LogP contribution is 2.19. The summed E-state index contributed by atoms with van der Waals surface area (Å²) in [5.41, 5.74) is 8.06. The average Bonchev–Trinajstić information content (AvgIpc) is 2.55. The molecule has 3 rings (SSSR count). The van der Waals surface area contributed by atoms with E-state index in [-0.39, 0.29) is 5.91 Å². The minimum Gasteiger partial charge on any atom is -0.399 e. The van der Waals surface area contributed by atoms with Gasteiger partial charge in [-0.1, -0.05) is 6.07 Å². The quantitative estimate of drug-likeness (QED) is 0.833. The van der Waals surface area contributed by atoms with Crippen LogP contribution in [-0.2, 0) is 0 Å². The SMILES string of the molecule is Nc1cccc(N2CCN(C(=O)c3cnccn3)CC2)c1. The molecule has 0 bridgehead atoms. The van der Waals surface area contributed by atoms with Gasteiger partial charge in [0.2, 0.25) is 0 Å². The number of benzene rings is 1. The molecule has 1 fully saturated rings. The molecule has 0 radical (unpaired) electrons. The molecular formula is C15H17N5O. The van der Waals surface area contributed by atoms with Gasteiger partial charge in [0.15, 0.2) is 0 Å². The Morgan fingerprint density at radius 3 is 2.62 bits per heavy atom. The van der Waals surface area contributed by atoms with E-state index in [4.69, 9.17) is 5.73 Å². The molecule has 2 N–H and O–H groups in total. The van der Waals surface area contributed by atoms with Gasteiger partial charge in [-0.25, -0.2) is 4.98 Å². The van der Waals surface area contributed by atoms with Crippen molar-refractivity contribution in [2.75, 3.05) is 36.8 Å². The van der Waals surface area contributed by atoms with Gasteiger partial charge in [0.1, 0.15) is 5.69 Å². The van der Waals surface area contributed by atoms with Crippen LogP contribution in [0.25, 0.3) is 0 Å². The van der Waals surface area contributed by atoms with Gasteiger partial charge < -0.3 is 15.5 Å². The van der Waals surface area contributed by atoms with Crippen LogP contribution >= 0.6 is 0 Å². The molecule has 1 aromatic heterocycles. The second-order valence-corrected chi connectivity index (χ2v) is 4.96. The fourth-order valence-electron chi connectivity index (χ4n) is 2.46. The Labute approximate surface area is 123 Å². The third-order valence-corrected chi connectivity index (χ3v) is 3.58. The van der Waals surface area contributed by atoms with E-state index in [0.717, 1.165) is 24.5 Å². The summed E-state index contributed by atoms with van der Waals surface area (Å²) in [6, 6.07) is 7.82. The first kappa shape index (κ1) is 13.4. The summed E-state index contributed by atoms with van der Waals surface area (Å²) < 4.78 is 0. The summed E-state index contributed by atoms with van der Waals surface area (Å²) in [5, 5.41) is 0. The molecule has 21 heavy (non-hydrogen) atoms. The lowest BCUT2D eigenvalue weighted by Crippen LogP contribution is -2.49. The number of amides is 1. The second-order valence-electron chi connectivity index (χ2n) is 4.96. The largest absolute Gasteiger partial charge is 0.399 e. The normalized spacial score (nSPS) is 15.0. The summed E-state index contributed by atoms with van der Waals surface area (Å²) in [6.07, 6.45) is 4.61. The van der Waals surface area contributed by atoms with Crippen molar-refractivity contribution in [3.05, 3.63) is 48.5 Å². The van der Waals surface area contributed by atoms with E-state index in [1.54, 1.807) is 6.20 Å². The molecule has 2 heterocycles. The van der Waals surface area contributed by atoms with Gasteiger partial charge >= 0.3 is 0 Å². The predicted molar refractivity (Wildman–Crippen MR) is 81.0 cm³/mol. The van der Waals surface area contributed by atoms with Crippen LogP contribution in [0, 0.1) is 0 Å². The number of piperazine rings is 1. The second kappa shape index (κ2) is 5.78. The Morgan fingerprint density at radius 2 is 1.95 bits per heavy atom. The molecule has 1 aromatic carbocycles. The number of rotatable bonds is 2. The number of anilines is 2. The van der Waals surface area contributed by atoms with Crippen LogP contribution in [0.15, 0.2) is 42.9 Å². The lowest BCUT2D eigenvalue weighted by Gasteiger charge is -2.36. The van der Waals surface area contributed by atoms with Gasteiger partial charge in [0, 0.05) is 49.9 Å². The molecule has 0 unspecified atom stereocenters. The maximum atomic E-state index is 12.3. The molecule has 0 saturated carbocycles. The van der Waals surface area contributed by atoms with E-state index >= 15 is 0 Å². The molecular weight excluding hydrogens is 266 g/mol. The Morgan fingerprint density at radius 1 is 1.14 bits per heavy atom. The predicted octanol–water partition coefficient (Wildman–Crippen LogP) is 1.02. The lowest BCUT2D eigenvalue weighted by molar-refractivity contribution is 0.0740. The third kappa shape index (κ3) is 2.94. The van der Waals surface area contributed by atoms with Crippen LogP contribution < -0.4 is 10.6 Å². The number of carbonyl (C=O) groups excluding carboxylic acids is 1. The number of aromatic nitrogens is 2. The lowest BCUT2D eigenvalue weighted by atomic mass is 10.2. The van der Waals surface area contributed by atoms with Crippen LogP contribution in [0.3, 0.4) is 0 Å². The maximum absolute atomic E-state index is 12.3. The van der Waals surface area contributed by atoms with Crippen molar-refractivity contribution in [2.45, 2.75) is 0 Å². The van der Waals surface area contributed by atoms with Gasteiger partial charge in [-0.05, 0) is 18.2 Å². The van der Waals surface area contributed by atoms with Crippen molar-refractivity contribution in [1.29, 1.82) is 0 Å². The molecule has 2 aromatic rings. The van der Waals surface area contributed by atoms with Crippen molar-refractivity contribution in [1.82, 2.24) is 14.9 Å². The van der Waals surface area contributed by atoms with Gasteiger partial charge in [-0.15, -0.1) is 0 Å². The molecule has 0 atom stereocenters. The zero-order chi connectivity index (χ0) is 14.7. The van der Waals surface area contributed by atoms with Crippen molar-refractivity contribution in [3.63, 3.8) is 0 Å². The molecule has 0 spiro atoms. The zero-order valence-corrected chi connectivity index (χ0v) is 11.6. The van der Waals surface area contributed by atoms with Crippen molar-refractivity contribution < 1.29 is 4.79 Å². The van der Waals surface area contributed by atoms with E-state index in [9.17, 15) is 4.79 Å². The zero-order valence-electron chi connectivity index (χ0n) is 11.6. The number of hydrogen-bond acceptors (Lipinski definition) is 5. The van der Waals surface area contributed by atoms with E-state index in [1.807, 2.05) is 29.2 Å². The highest BCUT2D eigenvalue weighted by atomic mass is 16.2. The fourth-order valence-corrected chi connectivity index (χ4v) is 2.46. The Bertz CT molecular complexity index is 623. The van der Waals surface area contributed by atoms with E-state index in [2.05, 4.69) is 14.9 Å².